The van der Waals surface area contributed by atoms with Gasteiger partial charge in [0.2, 0.25) is 11.8 Å². The smallest absolute Gasteiger partial charge is 0.244 e. The second-order valence-corrected chi connectivity index (χ2v) is 8.97. The van der Waals surface area contributed by atoms with Crippen LogP contribution in [0.25, 0.3) is 16.7 Å². The Labute approximate surface area is 190 Å². The Bertz CT molecular complexity index is 1270. The molecule has 0 amide bonds. The molecule has 166 valence electrons. The monoisotopic (exact) mass is 450 g/mol. The Morgan fingerprint density at radius 1 is 1.34 bits per heavy atom. The quantitative estimate of drug-likeness (QED) is 0.474. The number of aryl methyl sites for hydroxylation is 2. The van der Waals surface area contributed by atoms with Crippen molar-refractivity contribution in [3.05, 3.63) is 48.7 Å². The van der Waals surface area contributed by atoms with Crippen molar-refractivity contribution in [2.75, 3.05) is 18.4 Å². The molecule has 10 heteroatoms. The Balaban J connectivity index is 1.55. The Morgan fingerprint density at radius 2 is 2.22 bits per heavy atom. The summed E-state index contributed by atoms with van der Waals surface area (Å²) >= 11 is 1.39. The van der Waals surface area contributed by atoms with Gasteiger partial charge in [0.15, 0.2) is 0 Å². The third-order valence-corrected chi connectivity index (χ3v) is 6.33. The molecule has 1 atom stereocenters. The summed E-state index contributed by atoms with van der Waals surface area (Å²) in [5, 5.41) is 8.48. The summed E-state index contributed by atoms with van der Waals surface area (Å²) in [5.74, 6) is 1.05. The molecular formula is C22H26N8OS. The third-order valence-electron chi connectivity index (χ3n) is 5.53. The highest BCUT2D eigenvalue weighted by atomic mass is 32.1. The molecule has 1 fully saturated rings. The molecule has 0 spiro atoms. The minimum atomic E-state index is 0.0225. The minimum Gasteiger partial charge on any atom is -0.471 e. The van der Waals surface area contributed by atoms with Gasteiger partial charge < -0.3 is 19.5 Å². The first-order valence-corrected chi connectivity index (χ1v) is 11.4. The lowest BCUT2D eigenvalue weighted by Crippen LogP contribution is -2.40. The van der Waals surface area contributed by atoms with Crippen LogP contribution >= 0.6 is 11.5 Å². The summed E-state index contributed by atoms with van der Waals surface area (Å²) in [6.07, 6.45) is 7.80. The van der Waals surface area contributed by atoms with Gasteiger partial charge in [-0.2, -0.15) is 14.5 Å². The summed E-state index contributed by atoms with van der Waals surface area (Å²) in [6.45, 7) is 9.91. The highest BCUT2D eigenvalue weighted by Gasteiger charge is 2.24. The molecule has 1 aliphatic rings. The third kappa shape index (κ3) is 4.05. The molecule has 0 bridgehead atoms. The maximum absolute atomic E-state index is 6.53. The lowest BCUT2D eigenvalue weighted by Gasteiger charge is -2.34. The molecule has 1 N–H and O–H groups in total. The highest BCUT2D eigenvalue weighted by molar-refractivity contribution is 7.10. The zero-order valence-corrected chi connectivity index (χ0v) is 19.3. The van der Waals surface area contributed by atoms with E-state index in [1.54, 1.807) is 4.68 Å². The zero-order chi connectivity index (χ0) is 22.2. The zero-order valence-electron chi connectivity index (χ0n) is 18.4. The summed E-state index contributed by atoms with van der Waals surface area (Å²) in [4.78, 5) is 11.8. The van der Waals surface area contributed by atoms with Crippen LogP contribution in [0.1, 0.15) is 25.5 Å². The Hall–Kier alpha value is -3.40. The van der Waals surface area contributed by atoms with Gasteiger partial charge in [-0.1, -0.05) is 6.58 Å². The van der Waals surface area contributed by atoms with Crippen molar-refractivity contribution >= 4 is 33.5 Å². The standard InChI is InChI=1S/C22H26N8OS/c1-14(2)29-8-5-6-17(13-29)31-21-20-18(7-9-30(20)16-11-23-28(4)12-16)24-22(26-21)25-19-10-15(3)27-32-19/h7,9-12,17H,1,5-6,8,13H2,2-4H3,(H,24,25,26). The van der Waals surface area contributed by atoms with Gasteiger partial charge in [-0.05, 0) is 50.4 Å². The number of nitrogens with one attached hydrogen (secondary N) is 1. The van der Waals surface area contributed by atoms with Crippen LogP contribution in [0.15, 0.2) is 43.0 Å². The molecule has 1 aliphatic heterocycles. The maximum atomic E-state index is 6.53. The summed E-state index contributed by atoms with van der Waals surface area (Å²) in [5.41, 5.74) is 4.58. The van der Waals surface area contributed by atoms with Crippen LogP contribution in [0.2, 0.25) is 0 Å². The van der Waals surface area contributed by atoms with E-state index in [9.17, 15) is 0 Å². The van der Waals surface area contributed by atoms with Crippen molar-refractivity contribution in [2.45, 2.75) is 32.8 Å². The SMILES string of the molecule is C=C(C)N1CCCC(Oc2nc(Nc3cc(C)ns3)nc3ccn(-c4cnn(C)c4)c23)C1. The Morgan fingerprint density at radius 3 is 2.94 bits per heavy atom. The number of rotatable bonds is 6. The normalized spacial score (nSPS) is 16.5. The first-order valence-electron chi connectivity index (χ1n) is 10.6. The molecule has 5 rings (SSSR count). The number of hydrogen-bond acceptors (Lipinski definition) is 8. The fraction of sp³-hybridized carbons (Fsp3) is 0.364. The lowest BCUT2D eigenvalue weighted by atomic mass is 10.1. The van der Waals surface area contributed by atoms with Gasteiger partial charge in [0.25, 0.3) is 0 Å². The molecule has 9 nitrogen and oxygen atoms in total. The van der Waals surface area contributed by atoms with Gasteiger partial charge in [-0.3, -0.25) is 4.68 Å². The van der Waals surface area contributed by atoms with Crippen molar-refractivity contribution in [1.29, 1.82) is 0 Å². The molecule has 4 aromatic rings. The summed E-state index contributed by atoms with van der Waals surface area (Å²) in [6, 6.07) is 3.95. The van der Waals surface area contributed by atoms with Crippen LogP contribution in [-0.4, -0.2) is 52.8 Å². The van der Waals surface area contributed by atoms with E-state index in [1.807, 2.05) is 56.2 Å². The van der Waals surface area contributed by atoms with Gasteiger partial charge in [0.05, 0.1) is 29.6 Å². The number of hydrogen-bond donors (Lipinski definition) is 1. The number of allylic oxidation sites excluding steroid dienone is 1. The fourth-order valence-electron chi connectivity index (χ4n) is 3.97. The maximum Gasteiger partial charge on any atom is 0.244 e. The molecule has 0 aromatic carbocycles. The van der Waals surface area contributed by atoms with E-state index < -0.39 is 0 Å². The number of anilines is 2. The minimum absolute atomic E-state index is 0.0225. The summed E-state index contributed by atoms with van der Waals surface area (Å²) < 4.78 is 14.7. The van der Waals surface area contributed by atoms with Gasteiger partial charge in [0.1, 0.15) is 16.6 Å². The average molecular weight is 451 g/mol. The van der Waals surface area contributed by atoms with Crippen LogP contribution < -0.4 is 10.1 Å². The van der Waals surface area contributed by atoms with E-state index in [4.69, 9.17) is 14.7 Å². The molecule has 4 aromatic heterocycles. The van der Waals surface area contributed by atoms with Crippen molar-refractivity contribution in [2.24, 2.45) is 7.05 Å². The van der Waals surface area contributed by atoms with Crippen LogP contribution in [-0.2, 0) is 7.05 Å². The van der Waals surface area contributed by atoms with Crippen molar-refractivity contribution in [3.63, 3.8) is 0 Å². The van der Waals surface area contributed by atoms with E-state index in [-0.39, 0.29) is 6.10 Å². The van der Waals surface area contributed by atoms with Crippen LogP contribution in [0.3, 0.4) is 0 Å². The number of piperidine rings is 1. The van der Waals surface area contributed by atoms with Gasteiger partial charge >= 0.3 is 0 Å². The number of likely N-dealkylation sites (tertiary alicyclic amines) is 1. The van der Waals surface area contributed by atoms with E-state index in [2.05, 4.69) is 26.3 Å². The molecule has 32 heavy (non-hydrogen) atoms. The number of nitrogens with zero attached hydrogens (tertiary/aromatic N) is 7. The number of fused-ring (bicyclic) bond motifs is 1. The van der Waals surface area contributed by atoms with Gasteiger partial charge in [0, 0.05) is 31.7 Å². The van der Waals surface area contributed by atoms with E-state index in [0.29, 0.717) is 11.8 Å². The highest BCUT2D eigenvalue weighted by Crippen LogP contribution is 2.31. The summed E-state index contributed by atoms with van der Waals surface area (Å²) in [7, 11) is 1.90. The van der Waals surface area contributed by atoms with E-state index >= 15 is 0 Å². The average Bonchev–Trinajstić information content (AvgIpc) is 3.48. The number of ether oxygens (including phenoxy) is 1. The van der Waals surface area contributed by atoms with Crippen molar-refractivity contribution in [1.82, 2.24) is 33.6 Å². The molecule has 1 saturated heterocycles. The fourth-order valence-corrected chi connectivity index (χ4v) is 4.63. The molecule has 0 aliphatic carbocycles. The number of aromatic nitrogens is 6. The second kappa shape index (κ2) is 8.27. The van der Waals surface area contributed by atoms with E-state index in [0.717, 1.165) is 59.0 Å². The largest absolute Gasteiger partial charge is 0.471 e. The molecule has 0 radical (unpaired) electrons. The predicted molar refractivity (Wildman–Crippen MR) is 126 cm³/mol. The first kappa shape index (κ1) is 20.5. The van der Waals surface area contributed by atoms with Crippen molar-refractivity contribution in [3.8, 4) is 11.6 Å². The second-order valence-electron chi connectivity index (χ2n) is 8.17. The van der Waals surface area contributed by atoms with E-state index in [1.165, 1.54) is 11.5 Å². The molecule has 0 saturated carbocycles. The van der Waals surface area contributed by atoms with Crippen LogP contribution in [0, 0.1) is 6.92 Å². The van der Waals surface area contributed by atoms with Crippen molar-refractivity contribution < 1.29 is 4.74 Å². The lowest BCUT2D eigenvalue weighted by molar-refractivity contribution is 0.105. The molecule has 5 heterocycles. The van der Waals surface area contributed by atoms with Gasteiger partial charge in [-0.25, -0.2) is 4.98 Å². The molecule has 1 unspecified atom stereocenters. The topological polar surface area (TPSA) is 85.9 Å². The molecular weight excluding hydrogens is 424 g/mol. The van der Waals surface area contributed by atoms with Gasteiger partial charge in [-0.15, -0.1) is 0 Å². The Kier molecular flexibility index (Phi) is 5.30. The van der Waals surface area contributed by atoms with Crippen LogP contribution in [0.4, 0.5) is 10.9 Å². The predicted octanol–water partition coefficient (Wildman–Crippen LogP) is 4.04. The first-order chi connectivity index (χ1) is 15.5. The van der Waals surface area contributed by atoms with Crippen LogP contribution in [0.5, 0.6) is 5.88 Å².